The van der Waals surface area contributed by atoms with E-state index in [1.54, 1.807) is 37.5 Å². The lowest BCUT2D eigenvalue weighted by molar-refractivity contribution is -0.136. The lowest BCUT2D eigenvalue weighted by atomic mass is 9.87. The Kier molecular flexibility index (Phi) is 9.68. The van der Waals surface area contributed by atoms with Gasteiger partial charge in [0.1, 0.15) is 22.0 Å². The Balaban J connectivity index is 0.975. The van der Waals surface area contributed by atoms with Gasteiger partial charge in [0, 0.05) is 51.9 Å². The van der Waals surface area contributed by atoms with Crippen molar-refractivity contribution in [3.63, 3.8) is 0 Å². The number of hydrogen-bond donors (Lipinski definition) is 2. The molecule has 4 aromatic rings. The summed E-state index contributed by atoms with van der Waals surface area (Å²) < 4.78 is 7.90. The van der Waals surface area contributed by atoms with Gasteiger partial charge in [-0.25, -0.2) is 4.68 Å². The Morgan fingerprint density at radius 2 is 1.71 bits per heavy atom. The van der Waals surface area contributed by atoms with Crippen molar-refractivity contribution in [3.05, 3.63) is 110 Å². The number of nitrogens with zero attached hydrogens (tertiary/aromatic N) is 5. The third-order valence-electron chi connectivity index (χ3n) is 9.88. The fourth-order valence-electron chi connectivity index (χ4n) is 7.22. The van der Waals surface area contributed by atoms with Crippen LogP contribution in [0.3, 0.4) is 0 Å². The van der Waals surface area contributed by atoms with Crippen molar-refractivity contribution in [2.24, 2.45) is 7.05 Å². The molecule has 268 valence electrons. The molecule has 0 saturated carbocycles. The molecule has 0 spiro atoms. The summed E-state index contributed by atoms with van der Waals surface area (Å²) in [5.41, 5.74) is 4.17. The average Bonchev–Trinajstić information content (AvgIpc) is 3.38. The molecule has 13 nitrogen and oxygen atoms in total. The number of hydrogen-bond acceptors (Lipinski definition) is 10. The summed E-state index contributed by atoms with van der Waals surface area (Å²) in [5.74, 6) is -1.26. The van der Waals surface area contributed by atoms with Gasteiger partial charge in [0.15, 0.2) is 0 Å². The van der Waals surface area contributed by atoms with Crippen LogP contribution in [0.5, 0.6) is 11.5 Å². The summed E-state index contributed by atoms with van der Waals surface area (Å²) in [7, 11) is 5.75. The summed E-state index contributed by atoms with van der Waals surface area (Å²) in [5, 5.41) is 9.89. The van der Waals surface area contributed by atoms with Crippen LogP contribution in [0.25, 0.3) is 0 Å². The molecule has 3 atom stereocenters. The van der Waals surface area contributed by atoms with Gasteiger partial charge >= 0.3 is 0 Å². The molecule has 7 rings (SSSR count). The first kappa shape index (κ1) is 35.1. The smallest absolute Gasteiger partial charge is 0.282 e. The van der Waals surface area contributed by atoms with E-state index in [2.05, 4.69) is 72.8 Å². The normalized spacial score (nSPS) is 20.5. The second-order valence-corrected chi connectivity index (χ2v) is 14.4. The van der Waals surface area contributed by atoms with E-state index in [1.807, 2.05) is 19.2 Å². The number of aryl methyl sites for hydroxylation is 1. The number of nitrogens with one attached hydrogen (secondary N) is 2. The Morgan fingerprint density at radius 1 is 0.962 bits per heavy atom. The highest BCUT2D eigenvalue weighted by Gasteiger charge is 2.46. The highest BCUT2D eigenvalue weighted by molar-refractivity contribution is 9.10. The minimum atomic E-state index is -1.05. The summed E-state index contributed by atoms with van der Waals surface area (Å²) in [4.78, 5) is 68.4. The second-order valence-electron chi connectivity index (χ2n) is 13.6. The molecule has 3 aliphatic rings. The van der Waals surface area contributed by atoms with E-state index in [0.717, 1.165) is 35.7 Å². The van der Waals surface area contributed by atoms with Crippen molar-refractivity contribution in [1.29, 1.82) is 0 Å². The number of anilines is 2. The lowest BCUT2D eigenvalue weighted by Gasteiger charge is -2.37. The van der Waals surface area contributed by atoms with E-state index in [1.165, 1.54) is 16.3 Å². The van der Waals surface area contributed by atoms with Crippen molar-refractivity contribution in [3.8, 4) is 11.5 Å². The molecule has 0 aliphatic carbocycles. The summed E-state index contributed by atoms with van der Waals surface area (Å²) in [6.45, 7) is 2.48. The molecule has 1 unspecified atom stereocenters. The summed E-state index contributed by atoms with van der Waals surface area (Å²) in [6, 6.07) is 20.1. The number of aromatic nitrogens is 2. The van der Waals surface area contributed by atoms with E-state index in [4.69, 9.17) is 4.74 Å². The van der Waals surface area contributed by atoms with Gasteiger partial charge in [0.25, 0.3) is 17.4 Å². The Morgan fingerprint density at radius 3 is 2.44 bits per heavy atom. The van der Waals surface area contributed by atoms with Crippen molar-refractivity contribution in [2.75, 3.05) is 37.4 Å². The Labute approximate surface area is 308 Å². The number of halogens is 1. The van der Waals surface area contributed by atoms with Crippen LogP contribution < -0.4 is 25.8 Å². The first-order valence-electron chi connectivity index (χ1n) is 17.1. The molecule has 3 aromatic carbocycles. The standard InChI is InChI=1S/C38H38BrN7O6/c1-43-20-24(17-25(21-43)41-29-18-40-45(3)38(51)34(29)39)23-9-7-22(8-10-23)19-44(2)26-11-13-27(14-12-26)52-31-6-4-5-28-33(31)37(50)46(36(28)49)30-15-16-32(47)42-35(30)48/h4-14,18,24-25,30,41H,15-17,19-21H2,1-3H3,(H,42,47,48)/t24-,25+,30?/m0/s1. The molecule has 3 aliphatic heterocycles. The predicted molar refractivity (Wildman–Crippen MR) is 198 cm³/mol. The number of likely N-dealkylation sites (N-methyl/N-ethyl adjacent to an activating group) is 1. The van der Waals surface area contributed by atoms with Crippen molar-refractivity contribution < 1.29 is 23.9 Å². The van der Waals surface area contributed by atoms with Gasteiger partial charge in [-0.2, -0.15) is 5.10 Å². The highest BCUT2D eigenvalue weighted by atomic mass is 79.9. The van der Waals surface area contributed by atoms with Crippen LogP contribution >= 0.6 is 15.9 Å². The van der Waals surface area contributed by atoms with Crippen LogP contribution in [0.1, 0.15) is 57.0 Å². The third kappa shape index (κ3) is 6.95. The number of carbonyl (C=O) groups excluding carboxylic acids is 4. The van der Waals surface area contributed by atoms with Crippen LogP contribution in [0.15, 0.2) is 82.2 Å². The maximum Gasteiger partial charge on any atom is 0.282 e. The molecule has 14 heteroatoms. The molecule has 4 amide bonds. The number of piperidine rings is 2. The zero-order chi connectivity index (χ0) is 36.7. The quantitative estimate of drug-likeness (QED) is 0.237. The molecular weight excluding hydrogens is 730 g/mol. The van der Waals surface area contributed by atoms with Crippen molar-refractivity contribution in [1.82, 2.24) is 24.9 Å². The molecular formula is C38H38BrN7O6. The number of fused-ring (bicyclic) bond motifs is 1. The third-order valence-corrected chi connectivity index (χ3v) is 10.6. The number of amides is 4. The number of imide groups is 2. The largest absolute Gasteiger partial charge is 0.457 e. The zero-order valence-electron chi connectivity index (χ0n) is 29.0. The molecule has 4 heterocycles. The summed E-state index contributed by atoms with van der Waals surface area (Å²) in [6.07, 6.45) is 2.74. The fourth-order valence-corrected chi connectivity index (χ4v) is 7.70. The monoisotopic (exact) mass is 767 g/mol. The van der Waals surface area contributed by atoms with Gasteiger partial charge < -0.3 is 19.9 Å². The van der Waals surface area contributed by atoms with E-state index in [9.17, 15) is 24.0 Å². The maximum atomic E-state index is 13.4. The highest BCUT2D eigenvalue weighted by Crippen LogP contribution is 2.36. The van der Waals surface area contributed by atoms with Crippen LogP contribution in [-0.2, 0) is 23.2 Å². The SMILES string of the molecule is CN1C[C@H](Nc2cnn(C)c(=O)c2Br)C[C@H](c2ccc(CN(C)c3ccc(Oc4cccc5c4C(=O)N(C4CCC(=O)NC4=O)C5=O)cc3)cc2)C1. The Hall–Kier alpha value is -5.34. The van der Waals surface area contributed by atoms with Crippen molar-refractivity contribution >= 4 is 50.9 Å². The number of rotatable bonds is 9. The van der Waals surface area contributed by atoms with Gasteiger partial charge in [-0.1, -0.05) is 30.3 Å². The molecule has 0 bridgehead atoms. The van der Waals surface area contributed by atoms with Crippen LogP contribution in [-0.4, -0.2) is 82.5 Å². The molecule has 2 fully saturated rings. The second kappa shape index (κ2) is 14.4. The summed E-state index contributed by atoms with van der Waals surface area (Å²) >= 11 is 3.42. The van der Waals surface area contributed by atoms with Crippen molar-refractivity contribution in [2.45, 2.75) is 43.8 Å². The van der Waals surface area contributed by atoms with Crippen LogP contribution in [0.2, 0.25) is 0 Å². The first-order chi connectivity index (χ1) is 25.0. The molecule has 2 N–H and O–H groups in total. The van der Waals surface area contributed by atoms with Gasteiger partial charge in [0.2, 0.25) is 11.8 Å². The zero-order valence-corrected chi connectivity index (χ0v) is 30.6. The first-order valence-corrected chi connectivity index (χ1v) is 17.9. The Bertz CT molecular complexity index is 2120. The van der Waals surface area contributed by atoms with E-state index in [0.29, 0.717) is 28.4 Å². The van der Waals surface area contributed by atoms with E-state index in [-0.39, 0.29) is 41.3 Å². The molecule has 0 radical (unpaired) electrons. The molecule has 2 saturated heterocycles. The van der Waals surface area contributed by atoms with Crippen LogP contribution in [0, 0.1) is 0 Å². The fraction of sp³-hybridized carbons (Fsp3) is 0.316. The lowest BCUT2D eigenvalue weighted by Crippen LogP contribution is -2.54. The number of ether oxygens (including phenoxy) is 1. The maximum absolute atomic E-state index is 13.4. The van der Waals surface area contributed by atoms with Gasteiger partial charge in [-0.05, 0) is 89.3 Å². The van der Waals surface area contributed by atoms with Gasteiger partial charge in [0.05, 0.1) is 23.0 Å². The average molecular weight is 769 g/mol. The molecule has 52 heavy (non-hydrogen) atoms. The van der Waals surface area contributed by atoms with E-state index < -0.39 is 29.7 Å². The van der Waals surface area contributed by atoms with Gasteiger partial charge in [-0.3, -0.25) is 34.2 Å². The predicted octanol–water partition coefficient (Wildman–Crippen LogP) is 4.27. The van der Waals surface area contributed by atoms with Gasteiger partial charge in [-0.15, -0.1) is 0 Å². The topological polar surface area (TPSA) is 146 Å². The number of likely N-dealkylation sites (tertiary alicyclic amines) is 1. The van der Waals surface area contributed by atoms with E-state index >= 15 is 0 Å². The number of carbonyl (C=O) groups is 4. The van der Waals surface area contributed by atoms with Crippen LogP contribution in [0.4, 0.5) is 11.4 Å². The minimum Gasteiger partial charge on any atom is -0.457 e. The number of benzene rings is 3. The minimum absolute atomic E-state index is 0.0496. The molecule has 1 aromatic heterocycles.